The van der Waals surface area contributed by atoms with Gasteiger partial charge in [-0.2, -0.15) is 0 Å². The highest BCUT2D eigenvalue weighted by molar-refractivity contribution is 9.10. The topological polar surface area (TPSA) is 56.8 Å². The van der Waals surface area contributed by atoms with Crippen LogP contribution in [0.2, 0.25) is 0 Å². The van der Waals surface area contributed by atoms with Crippen LogP contribution in [0.5, 0.6) is 11.5 Å². The molecule has 0 radical (unpaired) electrons. The van der Waals surface area contributed by atoms with Gasteiger partial charge in [-0.1, -0.05) is 6.92 Å². The molecule has 0 aliphatic heterocycles. The maximum Gasteiger partial charge on any atom is 0.275 e. The standard InChI is InChI=1S/C13H18BrNO4/c1-4-6-18-12-10(14)7-9(8-11(12)17-3)13(16)15-19-5-2/h7-8H,4-6H2,1-3H3,(H,15,16). The number of hydrogen-bond donors (Lipinski definition) is 1. The van der Waals surface area contributed by atoms with Crippen LogP contribution < -0.4 is 15.0 Å². The Hall–Kier alpha value is -1.27. The largest absolute Gasteiger partial charge is 0.493 e. The molecule has 1 aromatic rings. The molecule has 6 heteroatoms. The van der Waals surface area contributed by atoms with Crippen molar-refractivity contribution in [3.8, 4) is 11.5 Å². The van der Waals surface area contributed by atoms with Crippen LogP contribution in [0.4, 0.5) is 0 Å². The number of nitrogens with one attached hydrogen (secondary N) is 1. The molecule has 1 N–H and O–H groups in total. The minimum Gasteiger partial charge on any atom is -0.493 e. The average molecular weight is 332 g/mol. The monoisotopic (exact) mass is 331 g/mol. The second-order valence-corrected chi connectivity index (χ2v) is 4.56. The molecule has 0 saturated heterocycles. The van der Waals surface area contributed by atoms with Crippen LogP contribution in [0.15, 0.2) is 16.6 Å². The number of methoxy groups -OCH3 is 1. The molecule has 106 valence electrons. The molecule has 19 heavy (non-hydrogen) atoms. The fourth-order valence-corrected chi connectivity index (χ4v) is 1.95. The molecule has 0 bridgehead atoms. The minimum atomic E-state index is -0.331. The smallest absolute Gasteiger partial charge is 0.275 e. The van der Waals surface area contributed by atoms with Gasteiger partial charge in [-0.05, 0) is 41.4 Å². The van der Waals surface area contributed by atoms with E-state index in [1.807, 2.05) is 6.92 Å². The van der Waals surface area contributed by atoms with Crippen LogP contribution in [0.1, 0.15) is 30.6 Å². The Kier molecular flexibility index (Phi) is 6.66. The number of amides is 1. The first-order chi connectivity index (χ1) is 9.13. The van der Waals surface area contributed by atoms with Crippen molar-refractivity contribution >= 4 is 21.8 Å². The summed E-state index contributed by atoms with van der Waals surface area (Å²) in [6.45, 7) is 4.80. The minimum absolute atomic E-state index is 0.331. The number of carbonyl (C=O) groups excluding carboxylic acids is 1. The van der Waals surface area contributed by atoms with Gasteiger partial charge in [0, 0.05) is 5.56 Å². The molecular weight excluding hydrogens is 314 g/mol. The first kappa shape index (κ1) is 15.8. The van der Waals surface area contributed by atoms with Gasteiger partial charge in [0.15, 0.2) is 11.5 Å². The molecule has 0 aliphatic carbocycles. The van der Waals surface area contributed by atoms with E-state index in [9.17, 15) is 4.79 Å². The summed E-state index contributed by atoms with van der Waals surface area (Å²) >= 11 is 3.38. The summed E-state index contributed by atoms with van der Waals surface area (Å²) in [7, 11) is 1.53. The highest BCUT2D eigenvalue weighted by Crippen LogP contribution is 2.36. The van der Waals surface area contributed by atoms with Crippen molar-refractivity contribution in [1.82, 2.24) is 5.48 Å². The molecule has 0 unspecified atom stereocenters. The van der Waals surface area contributed by atoms with Crippen LogP contribution in [0.3, 0.4) is 0 Å². The van der Waals surface area contributed by atoms with Crippen LogP contribution in [0, 0.1) is 0 Å². The number of halogens is 1. The molecule has 5 nitrogen and oxygen atoms in total. The summed E-state index contributed by atoms with van der Waals surface area (Å²) in [6, 6.07) is 3.28. The third kappa shape index (κ3) is 4.40. The van der Waals surface area contributed by atoms with Crippen LogP contribution in [0.25, 0.3) is 0 Å². The molecular formula is C13H18BrNO4. The maximum absolute atomic E-state index is 11.8. The van der Waals surface area contributed by atoms with E-state index in [-0.39, 0.29) is 5.91 Å². The third-order valence-corrected chi connectivity index (χ3v) is 2.84. The predicted molar refractivity (Wildman–Crippen MR) is 75.6 cm³/mol. The van der Waals surface area contributed by atoms with Crippen LogP contribution >= 0.6 is 15.9 Å². The molecule has 1 rings (SSSR count). The second-order valence-electron chi connectivity index (χ2n) is 3.70. The zero-order valence-electron chi connectivity index (χ0n) is 11.3. The number of rotatable bonds is 7. The Morgan fingerprint density at radius 3 is 2.68 bits per heavy atom. The van der Waals surface area contributed by atoms with E-state index in [1.165, 1.54) is 7.11 Å². The van der Waals surface area contributed by atoms with E-state index >= 15 is 0 Å². The molecule has 0 fully saturated rings. The lowest BCUT2D eigenvalue weighted by Gasteiger charge is -2.13. The lowest BCUT2D eigenvalue weighted by atomic mass is 10.2. The van der Waals surface area contributed by atoms with Gasteiger partial charge in [0.2, 0.25) is 0 Å². The van der Waals surface area contributed by atoms with Gasteiger partial charge in [-0.3, -0.25) is 9.63 Å². The van der Waals surface area contributed by atoms with Crippen LogP contribution in [-0.4, -0.2) is 26.2 Å². The van der Waals surface area contributed by atoms with E-state index in [2.05, 4.69) is 21.4 Å². The first-order valence-corrected chi connectivity index (χ1v) is 6.85. The highest BCUT2D eigenvalue weighted by atomic mass is 79.9. The quantitative estimate of drug-likeness (QED) is 0.780. The van der Waals surface area contributed by atoms with E-state index in [0.29, 0.717) is 34.7 Å². The average Bonchev–Trinajstić information content (AvgIpc) is 2.42. The Labute approximate surface area is 121 Å². The van der Waals surface area contributed by atoms with Gasteiger partial charge < -0.3 is 9.47 Å². The molecule has 0 heterocycles. The van der Waals surface area contributed by atoms with Gasteiger partial charge in [0.05, 0.1) is 24.8 Å². The lowest BCUT2D eigenvalue weighted by molar-refractivity contribution is 0.0364. The van der Waals surface area contributed by atoms with Gasteiger partial charge >= 0.3 is 0 Å². The van der Waals surface area contributed by atoms with Crippen molar-refractivity contribution in [3.63, 3.8) is 0 Å². The number of ether oxygens (including phenoxy) is 2. The zero-order chi connectivity index (χ0) is 14.3. The molecule has 0 atom stereocenters. The van der Waals surface area contributed by atoms with Crippen molar-refractivity contribution in [2.75, 3.05) is 20.3 Å². The summed E-state index contributed by atoms with van der Waals surface area (Å²) in [4.78, 5) is 16.7. The molecule has 0 aliphatic rings. The summed E-state index contributed by atoms with van der Waals surface area (Å²) in [5, 5.41) is 0. The third-order valence-electron chi connectivity index (χ3n) is 2.25. The number of hydrogen-bond acceptors (Lipinski definition) is 4. The van der Waals surface area contributed by atoms with E-state index < -0.39 is 0 Å². The highest BCUT2D eigenvalue weighted by Gasteiger charge is 2.15. The number of carbonyl (C=O) groups is 1. The Morgan fingerprint density at radius 2 is 2.11 bits per heavy atom. The fourth-order valence-electron chi connectivity index (χ4n) is 1.39. The van der Waals surface area contributed by atoms with Crippen molar-refractivity contribution in [3.05, 3.63) is 22.2 Å². The number of benzene rings is 1. The molecule has 0 saturated carbocycles. The SMILES string of the molecule is CCCOc1c(Br)cc(C(=O)NOCC)cc1OC. The van der Waals surface area contributed by atoms with Gasteiger partial charge in [0.1, 0.15) is 0 Å². The summed E-state index contributed by atoms with van der Waals surface area (Å²) < 4.78 is 11.5. The van der Waals surface area contributed by atoms with Gasteiger partial charge in [0.25, 0.3) is 5.91 Å². The normalized spacial score (nSPS) is 10.1. The lowest BCUT2D eigenvalue weighted by Crippen LogP contribution is -2.23. The van der Waals surface area contributed by atoms with E-state index in [0.717, 1.165) is 6.42 Å². The predicted octanol–water partition coefficient (Wildman–Crippen LogP) is 2.93. The second kappa shape index (κ2) is 8.01. The summed E-state index contributed by atoms with van der Waals surface area (Å²) in [5.41, 5.74) is 2.77. The van der Waals surface area contributed by atoms with Crippen molar-refractivity contribution in [1.29, 1.82) is 0 Å². The molecule has 0 aromatic heterocycles. The van der Waals surface area contributed by atoms with Crippen molar-refractivity contribution in [2.45, 2.75) is 20.3 Å². The van der Waals surface area contributed by atoms with Gasteiger partial charge in [-0.15, -0.1) is 0 Å². The Morgan fingerprint density at radius 1 is 1.37 bits per heavy atom. The van der Waals surface area contributed by atoms with Crippen molar-refractivity contribution in [2.24, 2.45) is 0 Å². The summed E-state index contributed by atoms with van der Waals surface area (Å²) in [5.74, 6) is 0.768. The van der Waals surface area contributed by atoms with E-state index in [4.69, 9.17) is 14.3 Å². The fraction of sp³-hybridized carbons (Fsp3) is 0.462. The van der Waals surface area contributed by atoms with Crippen LogP contribution in [-0.2, 0) is 4.84 Å². The maximum atomic E-state index is 11.8. The van der Waals surface area contributed by atoms with Crippen molar-refractivity contribution < 1.29 is 19.1 Å². The number of hydroxylamine groups is 1. The van der Waals surface area contributed by atoms with E-state index in [1.54, 1.807) is 19.1 Å². The Bertz CT molecular complexity index is 437. The zero-order valence-corrected chi connectivity index (χ0v) is 12.9. The molecule has 0 spiro atoms. The Balaban J connectivity index is 2.98. The molecule has 1 aromatic carbocycles. The van der Waals surface area contributed by atoms with Gasteiger partial charge in [-0.25, -0.2) is 5.48 Å². The molecule has 1 amide bonds. The summed E-state index contributed by atoms with van der Waals surface area (Å²) in [6.07, 6.45) is 0.891. The first-order valence-electron chi connectivity index (χ1n) is 6.06.